The fraction of sp³-hybridized carbons (Fsp3) is 0.280. The topological polar surface area (TPSA) is 41.4 Å². The Kier molecular flexibility index (Phi) is 6.10. The number of amides is 1. The number of hydrogen-bond donors (Lipinski definition) is 0. The number of hydrogen-bond acceptors (Lipinski definition) is 3. The highest BCUT2D eigenvalue weighted by molar-refractivity contribution is 5.95. The Labute approximate surface area is 178 Å². The monoisotopic (exact) mass is 400 g/mol. The van der Waals surface area contributed by atoms with Crippen LogP contribution < -0.4 is 0 Å². The van der Waals surface area contributed by atoms with Crippen LogP contribution in [0.2, 0.25) is 0 Å². The molecule has 1 aromatic heterocycles. The molecule has 2 heterocycles. The molecule has 2 aromatic carbocycles. The smallest absolute Gasteiger partial charge is 0.257 e. The van der Waals surface area contributed by atoms with Gasteiger partial charge in [0.2, 0.25) is 0 Å². The molecular weight excluding hydrogens is 372 g/mol. The van der Waals surface area contributed by atoms with E-state index in [9.17, 15) is 4.79 Å². The Morgan fingerprint density at radius 2 is 1.77 bits per heavy atom. The maximum Gasteiger partial charge on any atom is 0.257 e. The molecule has 0 aliphatic carbocycles. The first-order chi connectivity index (χ1) is 14.6. The number of rotatable bonds is 5. The lowest BCUT2D eigenvalue weighted by molar-refractivity contribution is 0.0649. The van der Waals surface area contributed by atoms with Crippen molar-refractivity contribution in [2.24, 2.45) is 0 Å². The van der Waals surface area contributed by atoms with Gasteiger partial charge in [0.25, 0.3) is 5.91 Å². The van der Waals surface area contributed by atoms with Crippen molar-refractivity contribution < 1.29 is 4.79 Å². The van der Waals surface area contributed by atoms with E-state index in [-0.39, 0.29) is 5.91 Å². The van der Waals surface area contributed by atoms with Crippen molar-refractivity contribution in [3.05, 3.63) is 89.3 Å². The number of carbonyl (C=O) groups is 1. The fourth-order valence-electron chi connectivity index (χ4n) is 3.85. The number of aryl methyl sites for hydroxylation is 1. The van der Waals surface area contributed by atoms with Crippen molar-refractivity contribution in [3.8, 4) is 5.69 Å². The summed E-state index contributed by atoms with van der Waals surface area (Å²) in [7, 11) is 0. The van der Waals surface area contributed by atoms with Crippen LogP contribution >= 0.6 is 0 Å². The lowest BCUT2D eigenvalue weighted by Crippen LogP contribution is -2.48. The summed E-state index contributed by atoms with van der Waals surface area (Å²) in [4.78, 5) is 17.4. The molecule has 1 amide bonds. The summed E-state index contributed by atoms with van der Waals surface area (Å²) >= 11 is 0. The quantitative estimate of drug-likeness (QED) is 0.651. The summed E-state index contributed by atoms with van der Waals surface area (Å²) in [5.41, 5.74) is 4.95. The molecule has 4 rings (SSSR count). The van der Waals surface area contributed by atoms with Gasteiger partial charge >= 0.3 is 0 Å². The molecule has 1 aliphatic heterocycles. The molecule has 1 fully saturated rings. The first kappa shape index (κ1) is 20.1. The van der Waals surface area contributed by atoms with E-state index in [0.717, 1.165) is 44.1 Å². The fourth-order valence-corrected chi connectivity index (χ4v) is 3.85. The summed E-state index contributed by atoms with van der Waals surface area (Å²) in [6, 6.07) is 18.5. The lowest BCUT2D eigenvalue weighted by Gasteiger charge is -2.34. The third-order valence-electron chi connectivity index (χ3n) is 5.62. The highest BCUT2D eigenvalue weighted by Crippen LogP contribution is 2.18. The molecule has 0 atom stereocenters. The lowest BCUT2D eigenvalue weighted by atomic mass is 10.2. The van der Waals surface area contributed by atoms with Crippen molar-refractivity contribution in [3.63, 3.8) is 0 Å². The minimum absolute atomic E-state index is 0.0749. The molecule has 0 saturated carbocycles. The molecule has 5 heteroatoms. The van der Waals surface area contributed by atoms with Crippen LogP contribution in [0.5, 0.6) is 0 Å². The van der Waals surface area contributed by atoms with Crippen LogP contribution in [0.1, 0.15) is 27.2 Å². The first-order valence-electron chi connectivity index (χ1n) is 10.5. The zero-order chi connectivity index (χ0) is 20.9. The molecule has 0 unspecified atom stereocenters. The molecule has 1 saturated heterocycles. The third-order valence-corrected chi connectivity index (χ3v) is 5.62. The van der Waals surface area contributed by atoms with Gasteiger partial charge in [-0.25, -0.2) is 4.68 Å². The standard InChI is InChI=1S/C25H28N4O/c1-20-8-6-12-23(18-20)29-21(2)24(19-26-29)25(30)28-16-14-27(15-17-28)13-7-11-22-9-4-3-5-10-22/h3-12,18-19H,13-17H2,1-2H3/b11-7+. The van der Waals surface area contributed by atoms with Crippen molar-refractivity contribution >= 4 is 12.0 Å². The Balaban J connectivity index is 1.35. The molecule has 5 nitrogen and oxygen atoms in total. The number of carbonyl (C=O) groups excluding carboxylic acids is 1. The van der Waals surface area contributed by atoms with E-state index in [1.807, 2.05) is 46.8 Å². The van der Waals surface area contributed by atoms with Gasteiger partial charge in [0.05, 0.1) is 23.1 Å². The average Bonchev–Trinajstić information content (AvgIpc) is 3.16. The van der Waals surface area contributed by atoms with Crippen LogP contribution in [-0.2, 0) is 0 Å². The predicted molar refractivity (Wildman–Crippen MR) is 121 cm³/mol. The van der Waals surface area contributed by atoms with Crippen LogP contribution in [0.25, 0.3) is 11.8 Å². The second-order valence-corrected chi connectivity index (χ2v) is 7.80. The molecule has 0 N–H and O–H groups in total. The zero-order valence-corrected chi connectivity index (χ0v) is 17.7. The maximum absolute atomic E-state index is 13.1. The summed E-state index contributed by atoms with van der Waals surface area (Å²) in [5.74, 6) is 0.0749. The van der Waals surface area contributed by atoms with Crippen LogP contribution in [0.4, 0.5) is 0 Å². The van der Waals surface area contributed by atoms with Crippen LogP contribution in [-0.4, -0.2) is 58.2 Å². The van der Waals surface area contributed by atoms with Crippen molar-refractivity contribution in [2.75, 3.05) is 32.7 Å². The van der Waals surface area contributed by atoms with Gasteiger partial charge in [0.1, 0.15) is 0 Å². The number of benzene rings is 2. The summed E-state index contributed by atoms with van der Waals surface area (Å²) < 4.78 is 1.85. The zero-order valence-electron chi connectivity index (χ0n) is 17.7. The molecule has 0 spiro atoms. The third kappa shape index (κ3) is 4.52. The molecular formula is C25H28N4O. The van der Waals surface area contributed by atoms with Crippen molar-refractivity contribution in [2.45, 2.75) is 13.8 Å². The highest BCUT2D eigenvalue weighted by Gasteiger charge is 2.24. The summed E-state index contributed by atoms with van der Waals surface area (Å²) in [6.45, 7) is 8.18. The van der Waals surface area contributed by atoms with Gasteiger partial charge in [-0.2, -0.15) is 5.10 Å². The Hall–Kier alpha value is -3.18. The van der Waals surface area contributed by atoms with Gasteiger partial charge in [-0.05, 0) is 37.1 Å². The van der Waals surface area contributed by atoms with E-state index in [2.05, 4.69) is 53.3 Å². The summed E-state index contributed by atoms with van der Waals surface area (Å²) in [6.07, 6.45) is 6.05. The molecule has 30 heavy (non-hydrogen) atoms. The number of piperazine rings is 1. The van der Waals surface area contributed by atoms with Gasteiger partial charge in [0.15, 0.2) is 0 Å². The van der Waals surface area contributed by atoms with E-state index < -0.39 is 0 Å². The Morgan fingerprint density at radius 1 is 1.00 bits per heavy atom. The van der Waals surface area contributed by atoms with Gasteiger partial charge in [-0.1, -0.05) is 54.6 Å². The van der Waals surface area contributed by atoms with E-state index in [1.165, 1.54) is 11.1 Å². The van der Waals surface area contributed by atoms with Gasteiger partial charge in [-0.3, -0.25) is 9.69 Å². The number of aromatic nitrogens is 2. The molecule has 154 valence electrons. The molecule has 0 radical (unpaired) electrons. The van der Waals surface area contributed by atoms with E-state index in [4.69, 9.17) is 0 Å². The Morgan fingerprint density at radius 3 is 2.50 bits per heavy atom. The minimum atomic E-state index is 0.0749. The van der Waals surface area contributed by atoms with E-state index >= 15 is 0 Å². The van der Waals surface area contributed by atoms with Crippen molar-refractivity contribution in [1.82, 2.24) is 19.6 Å². The SMILES string of the molecule is Cc1cccc(-n2ncc(C(=O)N3CCN(C/C=C/c4ccccc4)CC3)c2C)c1. The largest absolute Gasteiger partial charge is 0.336 e. The summed E-state index contributed by atoms with van der Waals surface area (Å²) in [5, 5.41) is 4.48. The first-order valence-corrected chi connectivity index (χ1v) is 10.5. The second kappa shape index (κ2) is 9.09. The Bertz CT molecular complexity index is 1030. The maximum atomic E-state index is 13.1. The van der Waals surface area contributed by atoms with Crippen LogP contribution in [0.15, 0.2) is 66.9 Å². The normalized spacial score (nSPS) is 15.1. The van der Waals surface area contributed by atoms with Crippen molar-refractivity contribution in [1.29, 1.82) is 0 Å². The van der Waals surface area contributed by atoms with Crippen LogP contribution in [0, 0.1) is 13.8 Å². The minimum Gasteiger partial charge on any atom is -0.336 e. The average molecular weight is 401 g/mol. The highest BCUT2D eigenvalue weighted by atomic mass is 16.2. The van der Waals surface area contributed by atoms with Gasteiger partial charge in [0, 0.05) is 32.7 Å². The predicted octanol–water partition coefficient (Wildman–Crippen LogP) is 3.96. The van der Waals surface area contributed by atoms with Gasteiger partial charge in [-0.15, -0.1) is 0 Å². The van der Waals surface area contributed by atoms with Gasteiger partial charge < -0.3 is 4.90 Å². The van der Waals surface area contributed by atoms with E-state index in [1.54, 1.807) is 6.20 Å². The second-order valence-electron chi connectivity index (χ2n) is 7.80. The van der Waals surface area contributed by atoms with Crippen LogP contribution in [0.3, 0.4) is 0 Å². The molecule has 3 aromatic rings. The molecule has 1 aliphatic rings. The van der Waals surface area contributed by atoms with E-state index in [0.29, 0.717) is 5.56 Å². The molecule has 0 bridgehead atoms. The number of nitrogens with zero attached hydrogens (tertiary/aromatic N) is 4.